The van der Waals surface area contributed by atoms with Gasteiger partial charge in [-0.05, 0) is 78.8 Å². The Labute approximate surface area is 293 Å². The molecule has 10 aromatic rings. The highest BCUT2D eigenvalue weighted by Gasteiger charge is 2.19. The van der Waals surface area contributed by atoms with Crippen LogP contribution in [0.4, 0.5) is 0 Å². The minimum absolute atomic E-state index is 0.653. The van der Waals surface area contributed by atoms with Gasteiger partial charge in [-0.2, -0.15) is 0 Å². The van der Waals surface area contributed by atoms with Crippen LogP contribution in [0.1, 0.15) is 0 Å². The van der Waals surface area contributed by atoms with Crippen LogP contribution in [0.25, 0.3) is 82.1 Å². The predicted octanol–water partition coefficient (Wildman–Crippen LogP) is 10.7. The summed E-state index contributed by atoms with van der Waals surface area (Å²) in [7, 11) is -0.653. The highest BCUT2D eigenvalue weighted by Crippen LogP contribution is 2.45. The highest BCUT2D eigenvalue weighted by molar-refractivity contribution is 6.67. The van der Waals surface area contributed by atoms with Crippen molar-refractivity contribution >= 4 is 74.0 Å². The smallest absolute Gasteiger partial charge is 0.0875 e. The fourth-order valence-electron chi connectivity index (χ4n) is 8.19. The number of benzene rings is 9. The maximum atomic E-state index is 2.51. The van der Waals surface area contributed by atoms with Gasteiger partial charge in [0.15, 0.2) is 0 Å². The summed E-state index contributed by atoms with van der Waals surface area (Å²) in [5, 5.41) is 13.2. The van der Waals surface area contributed by atoms with Crippen LogP contribution in [-0.2, 0) is 0 Å². The number of hydrogen-bond acceptors (Lipinski definition) is 0. The molecular weight excluding hydrogens is 619 g/mol. The fourth-order valence-corrected chi connectivity index (χ4v) is 9.71. The van der Waals surface area contributed by atoms with E-state index in [0.29, 0.717) is 0 Å². The normalized spacial score (nSPS) is 11.9. The van der Waals surface area contributed by atoms with Crippen molar-refractivity contribution in [1.29, 1.82) is 0 Å². The Kier molecular flexibility index (Phi) is 6.75. The molecule has 0 aliphatic heterocycles. The summed E-state index contributed by atoms with van der Waals surface area (Å²) in [5.41, 5.74) is 8.76. The topological polar surface area (TPSA) is 4.93 Å². The lowest BCUT2D eigenvalue weighted by atomic mass is 9.84. The van der Waals surface area contributed by atoms with Crippen molar-refractivity contribution < 1.29 is 0 Å². The molecule has 0 fully saturated rings. The van der Waals surface area contributed by atoms with E-state index in [1.54, 1.807) is 0 Å². The number of para-hydroxylation sites is 2. The lowest BCUT2D eigenvalue weighted by molar-refractivity contribution is 1.18. The molecule has 0 spiro atoms. The number of fused-ring (bicyclic) bond motifs is 6. The molecule has 9 aromatic carbocycles. The quantitative estimate of drug-likeness (QED) is 0.129. The van der Waals surface area contributed by atoms with Gasteiger partial charge in [-0.1, -0.05) is 174 Å². The van der Waals surface area contributed by atoms with Crippen LogP contribution in [0.15, 0.2) is 188 Å². The Morgan fingerprint density at radius 2 is 0.900 bits per heavy atom. The van der Waals surface area contributed by atoms with Crippen LogP contribution in [-0.4, -0.2) is 14.1 Å². The molecule has 50 heavy (non-hydrogen) atoms. The maximum Gasteiger partial charge on any atom is 0.0875 e. The summed E-state index contributed by atoms with van der Waals surface area (Å²) in [4.78, 5) is 0. The van der Waals surface area contributed by atoms with E-state index in [2.05, 4.69) is 193 Å². The Morgan fingerprint density at radius 1 is 0.340 bits per heavy atom. The van der Waals surface area contributed by atoms with Gasteiger partial charge < -0.3 is 4.57 Å². The second-order valence-electron chi connectivity index (χ2n) is 13.3. The summed E-state index contributed by atoms with van der Waals surface area (Å²) in [5.74, 6) is 0. The van der Waals surface area contributed by atoms with Crippen molar-refractivity contribution in [2.24, 2.45) is 0 Å². The van der Waals surface area contributed by atoms with Gasteiger partial charge in [-0.3, -0.25) is 0 Å². The molecule has 0 amide bonds. The molecule has 234 valence electrons. The van der Waals surface area contributed by atoms with Crippen LogP contribution in [0.5, 0.6) is 0 Å². The standard InChI is InChI=1S/C48H33NSi/c1-2-15-35(16-3-1)50-36-29-30-43-44(31-36)48(40-22-12-14-32-13-4-5-17-37(32)40)42-21-7-6-20-41(42)47(43)33-25-27-34(28-26-33)49-45-23-10-8-18-38(45)39-19-9-11-24-46(39)49/h1-31H,50H2. The lowest BCUT2D eigenvalue weighted by Gasteiger charge is -2.20. The summed E-state index contributed by atoms with van der Waals surface area (Å²) in [6.07, 6.45) is 0. The molecule has 0 atom stereocenters. The average Bonchev–Trinajstić information content (AvgIpc) is 3.52. The third-order valence-electron chi connectivity index (χ3n) is 10.4. The van der Waals surface area contributed by atoms with Crippen LogP contribution < -0.4 is 10.4 Å². The molecular formula is C48H33NSi. The number of aromatic nitrogens is 1. The SMILES string of the molecule is c1ccc([SiH2]c2ccc3c(-c4ccc(-n5c6ccccc6c6ccccc65)cc4)c4ccccc4c(-c4cccc5ccccc45)c3c2)cc1. The second-order valence-corrected chi connectivity index (χ2v) is 15.3. The number of hydrogen-bond donors (Lipinski definition) is 0. The molecule has 0 saturated heterocycles. The van der Waals surface area contributed by atoms with Gasteiger partial charge in [0.25, 0.3) is 0 Å². The van der Waals surface area contributed by atoms with Crippen molar-refractivity contribution in [3.8, 4) is 27.9 Å². The second kappa shape index (κ2) is 11.7. The zero-order valence-corrected chi connectivity index (χ0v) is 29.0. The van der Waals surface area contributed by atoms with Gasteiger partial charge in [-0.25, -0.2) is 0 Å². The van der Waals surface area contributed by atoms with E-state index in [4.69, 9.17) is 0 Å². The highest BCUT2D eigenvalue weighted by atomic mass is 28.2. The first-order valence-corrected chi connectivity index (χ1v) is 18.8. The zero-order valence-electron chi connectivity index (χ0n) is 27.6. The van der Waals surface area contributed by atoms with Crippen LogP contribution >= 0.6 is 0 Å². The Balaban J connectivity index is 1.23. The predicted molar refractivity (Wildman–Crippen MR) is 218 cm³/mol. The molecule has 0 bridgehead atoms. The number of nitrogens with zero attached hydrogens (tertiary/aromatic N) is 1. The molecule has 0 N–H and O–H groups in total. The maximum absolute atomic E-state index is 2.51. The zero-order chi connectivity index (χ0) is 33.0. The van der Waals surface area contributed by atoms with E-state index in [-0.39, 0.29) is 0 Å². The van der Waals surface area contributed by atoms with Crippen molar-refractivity contribution in [2.75, 3.05) is 0 Å². The van der Waals surface area contributed by atoms with Gasteiger partial charge >= 0.3 is 0 Å². The third kappa shape index (κ3) is 4.61. The van der Waals surface area contributed by atoms with Crippen molar-refractivity contribution in [3.63, 3.8) is 0 Å². The monoisotopic (exact) mass is 651 g/mol. The Hall–Kier alpha value is -6.22. The van der Waals surface area contributed by atoms with E-state index in [0.717, 1.165) is 0 Å². The van der Waals surface area contributed by atoms with Crippen LogP contribution in [0.3, 0.4) is 0 Å². The molecule has 0 aliphatic rings. The van der Waals surface area contributed by atoms with E-state index in [9.17, 15) is 0 Å². The average molecular weight is 652 g/mol. The van der Waals surface area contributed by atoms with E-state index in [1.807, 2.05) is 0 Å². The summed E-state index contributed by atoms with van der Waals surface area (Å²) >= 11 is 0. The largest absolute Gasteiger partial charge is 0.309 e. The van der Waals surface area contributed by atoms with E-state index >= 15 is 0 Å². The van der Waals surface area contributed by atoms with Crippen LogP contribution in [0, 0.1) is 0 Å². The summed E-state index contributed by atoms with van der Waals surface area (Å²) < 4.78 is 2.40. The Bertz CT molecular complexity index is 2820. The molecule has 1 nitrogen and oxygen atoms in total. The molecule has 1 aromatic heterocycles. The molecule has 2 heteroatoms. The van der Waals surface area contributed by atoms with E-state index in [1.165, 1.54) is 92.4 Å². The summed E-state index contributed by atoms with van der Waals surface area (Å²) in [6, 6.07) is 69.6. The molecule has 1 heterocycles. The van der Waals surface area contributed by atoms with Crippen LogP contribution in [0.2, 0.25) is 0 Å². The minimum atomic E-state index is -0.653. The van der Waals surface area contributed by atoms with Gasteiger partial charge in [0.05, 0.1) is 20.6 Å². The lowest BCUT2D eigenvalue weighted by Crippen LogP contribution is -2.26. The first kappa shape index (κ1) is 28.8. The molecule has 0 aliphatic carbocycles. The summed E-state index contributed by atoms with van der Waals surface area (Å²) in [6.45, 7) is 0. The molecule has 0 saturated carbocycles. The van der Waals surface area contributed by atoms with Crippen molar-refractivity contribution in [3.05, 3.63) is 188 Å². The van der Waals surface area contributed by atoms with Gasteiger partial charge in [0, 0.05) is 16.5 Å². The molecule has 0 radical (unpaired) electrons. The van der Waals surface area contributed by atoms with E-state index < -0.39 is 9.52 Å². The fraction of sp³-hybridized carbons (Fsp3) is 0. The van der Waals surface area contributed by atoms with Gasteiger partial charge in [-0.15, -0.1) is 0 Å². The Morgan fingerprint density at radius 3 is 1.62 bits per heavy atom. The first-order chi connectivity index (χ1) is 24.8. The first-order valence-electron chi connectivity index (χ1n) is 17.4. The minimum Gasteiger partial charge on any atom is -0.309 e. The molecule has 10 rings (SSSR count). The van der Waals surface area contributed by atoms with Gasteiger partial charge in [0.2, 0.25) is 0 Å². The number of rotatable bonds is 5. The van der Waals surface area contributed by atoms with Crippen molar-refractivity contribution in [2.45, 2.75) is 0 Å². The third-order valence-corrected chi connectivity index (χ3v) is 12.1. The molecule has 0 unspecified atom stereocenters. The van der Waals surface area contributed by atoms with Crippen molar-refractivity contribution in [1.82, 2.24) is 4.57 Å². The van der Waals surface area contributed by atoms with Gasteiger partial charge in [0.1, 0.15) is 0 Å².